The molecule has 88 valence electrons. The number of nitrogens with two attached hydrogens (primary N) is 1. The number of ketones is 1. The smallest absolute Gasteiger partial charge is 0.168 e. The first kappa shape index (κ1) is 12.8. The Hall–Kier alpha value is -1.29. The number of Topliss-reactive ketones (excluding diaryl/α,β-unsaturated/α-hetero) is 1. The van der Waals surface area contributed by atoms with Crippen LogP contribution in [0.15, 0.2) is 18.2 Å². The van der Waals surface area contributed by atoms with Crippen molar-refractivity contribution in [2.75, 3.05) is 0 Å². The maximum absolute atomic E-state index is 13.2. The number of hydrogen-bond acceptors (Lipinski definition) is 2. The molecule has 0 aliphatic carbocycles. The summed E-state index contributed by atoms with van der Waals surface area (Å²) in [6.07, 6.45) is 0.432. The minimum Gasteiger partial charge on any atom is -0.326 e. The van der Waals surface area contributed by atoms with Crippen LogP contribution in [-0.2, 0) is 0 Å². The number of carbonyl (C=O) groups excluding carboxylic acids is 1. The molecule has 0 heterocycles. The second kappa shape index (κ2) is 4.70. The summed E-state index contributed by atoms with van der Waals surface area (Å²) >= 11 is 0. The van der Waals surface area contributed by atoms with E-state index < -0.39 is 28.5 Å². The van der Waals surface area contributed by atoms with E-state index in [9.17, 15) is 13.6 Å². The maximum atomic E-state index is 13.2. The third-order valence-corrected chi connectivity index (χ3v) is 2.24. The summed E-state index contributed by atoms with van der Waals surface area (Å²) in [4.78, 5) is 11.6. The first-order valence-electron chi connectivity index (χ1n) is 5.07. The van der Waals surface area contributed by atoms with Crippen LogP contribution in [0.3, 0.4) is 0 Å². The minimum atomic E-state index is -0.820. The minimum absolute atomic E-state index is 0.0430. The van der Waals surface area contributed by atoms with Crippen LogP contribution in [0.4, 0.5) is 8.78 Å². The Morgan fingerprint density at radius 1 is 1.31 bits per heavy atom. The Balaban J connectivity index is 2.81. The highest BCUT2D eigenvalue weighted by Crippen LogP contribution is 2.17. The Kier molecular flexibility index (Phi) is 3.75. The molecule has 0 amide bonds. The van der Waals surface area contributed by atoms with Crippen molar-refractivity contribution in [1.29, 1.82) is 0 Å². The molecule has 0 atom stereocenters. The average Bonchev–Trinajstić information content (AvgIpc) is 2.13. The molecule has 0 aromatic heterocycles. The molecule has 1 rings (SSSR count). The fourth-order valence-corrected chi connectivity index (χ4v) is 1.32. The summed E-state index contributed by atoms with van der Waals surface area (Å²) in [6, 6.07) is 3.38. The van der Waals surface area contributed by atoms with Crippen LogP contribution in [0.2, 0.25) is 0 Å². The van der Waals surface area contributed by atoms with E-state index in [2.05, 4.69) is 0 Å². The number of rotatable bonds is 4. The molecule has 0 saturated heterocycles. The van der Waals surface area contributed by atoms with Gasteiger partial charge in [-0.3, -0.25) is 4.79 Å². The van der Waals surface area contributed by atoms with Crippen molar-refractivity contribution in [3.8, 4) is 0 Å². The standard InChI is InChI=1S/C12H15F2NO/c1-12(2,15)7-6-10(16)11-8(13)4-3-5-9(11)14/h3-5H,6-7,15H2,1-2H3. The number of carbonyl (C=O) groups is 1. The van der Waals surface area contributed by atoms with Crippen molar-refractivity contribution >= 4 is 5.78 Å². The molecule has 1 aromatic carbocycles. The van der Waals surface area contributed by atoms with Crippen LogP contribution in [0.5, 0.6) is 0 Å². The van der Waals surface area contributed by atoms with Gasteiger partial charge in [-0.1, -0.05) is 6.07 Å². The topological polar surface area (TPSA) is 43.1 Å². The van der Waals surface area contributed by atoms with Crippen LogP contribution >= 0.6 is 0 Å². The maximum Gasteiger partial charge on any atom is 0.168 e. The van der Waals surface area contributed by atoms with Gasteiger partial charge in [0.05, 0.1) is 5.56 Å². The van der Waals surface area contributed by atoms with Crippen molar-refractivity contribution in [2.24, 2.45) is 5.73 Å². The molecule has 0 radical (unpaired) electrons. The highest BCUT2D eigenvalue weighted by Gasteiger charge is 2.19. The van der Waals surface area contributed by atoms with Gasteiger partial charge in [-0.25, -0.2) is 8.78 Å². The van der Waals surface area contributed by atoms with Crippen LogP contribution < -0.4 is 5.73 Å². The summed E-state index contributed by atoms with van der Waals surface area (Å²) in [7, 11) is 0. The van der Waals surface area contributed by atoms with Gasteiger partial charge in [0.15, 0.2) is 5.78 Å². The Labute approximate surface area is 93.5 Å². The first-order chi connectivity index (χ1) is 7.31. The monoisotopic (exact) mass is 227 g/mol. The van der Waals surface area contributed by atoms with Crippen molar-refractivity contribution in [3.63, 3.8) is 0 Å². The summed E-state index contributed by atoms with van der Waals surface area (Å²) in [5.41, 5.74) is 4.72. The predicted molar refractivity (Wildman–Crippen MR) is 58.2 cm³/mol. The number of benzene rings is 1. The van der Waals surface area contributed by atoms with Gasteiger partial charge < -0.3 is 5.73 Å². The fourth-order valence-electron chi connectivity index (χ4n) is 1.32. The molecular weight excluding hydrogens is 212 g/mol. The molecule has 0 aliphatic rings. The molecule has 0 spiro atoms. The van der Waals surface area contributed by atoms with Crippen molar-refractivity contribution in [1.82, 2.24) is 0 Å². The highest BCUT2D eigenvalue weighted by molar-refractivity contribution is 5.96. The predicted octanol–water partition coefficient (Wildman–Crippen LogP) is 2.67. The zero-order valence-electron chi connectivity index (χ0n) is 9.39. The van der Waals surface area contributed by atoms with E-state index in [0.29, 0.717) is 6.42 Å². The van der Waals surface area contributed by atoms with Gasteiger partial charge in [0.1, 0.15) is 11.6 Å². The lowest BCUT2D eigenvalue weighted by Gasteiger charge is -2.17. The zero-order valence-corrected chi connectivity index (χ0v) is 9.39. The van der Waals surface area contributed by atoms with E-state index in [1.54, 1.807) is 13.8 Å². The second-order valence-corrected chi connectivity index (χ2v) is 4.51. The molecule has 1 aromatic rings. The van der Waals surface area contributed by atoms with Crippen molar-refractivity contribution in [2.45, 2.75) is 32.2 Å². The van der Waals surface area contributed by atoms with E-state index in [1.165, 1.54) is 6.07 Å². The Morgan fingerprint density at radius 3 is 2.25 bits per heavy atom. The Morgan fingerprint density at radius 2 is 1.81 bits per heavy atom. The highest BCUT2D eigenvalue weighted by atomic mass is 19.1. The molecule has 16 heavy (non-hydrogen) atoms. The molecule has 0 unspecified atom stereocenters. The number of hydrogen-bond donors (Lipinski definition) is 1. The molecule has 4 heteroatoms. The van der Waals surface area contributed by atoms with Crippen LogP contribution in [-0.4, -0.2) is 11.3 Å². The summed E-state index contributed by atoms with van der Waals surface area (Å²) in [5, 5.41) is 0. The van der Waals surface area contributed by atoms with E-state index in [0.717, 1.165) is 12.1 Å². The molecule has 0 aliphatic heterocycles. The van der Waals surface area contributed by atoms with Crippen LogP contribution in [0.25, 0.3) is 0 Å². The molecule has 0 saturated carbocycles. The zero-order chi connectivity index (χ0) is 12.3. The van der Waals surface area contributed by atoms with E-state index in [-0.39, 0.29) is 6.42 Å². The largest absolute Gasteiger partial charge is 0.326 e. The number of halogens is 2. The van der Waals surface area contributed by atoms with Gasteiger partial charge in [0, 0.05) is 12.0 Å². The van der Waals surface area contributed by atoms with Crippen molar-refractivity contribution < 1.29 is 13.6 Å². The lowest BCUT2D eigenvalue weighted by molar-refractivity contribution is 0.0964. The van der Waals surface area contributed by atoms with Crippen LogP contribution in [0.1, 0.15) is 37.0 Å². The molecular formula is C12H15F2NO. The summed E-state index contributed by atoms with van der Waals surface area (Å²) < 4.78 is 26.5. The first-order valence-corrected chi connectivity index (χ1v) is 5.07. The molecule has 2 nitrogen and oxygen atoms in total. The summed E-state index contributed by atoms with van der Waals surface area (Å²) in [5.74, 6) is -2.19. The molecule has 0 fully saturated rings. The Bertz CT molecular complexity index is 376. The normalized spacial score (nSPS) is 11.6. The van der Waals surface area contributed by atoms with Crippen molar-refractivity contribution in [3.05, 3.63) is 35.4 Å². The third-order valence-electron chi connectivity index (χ3n) is 2.24. The van der Waals surface area contributed by atoms with Gasteiger partial charge in [-0.05, 0) is 32.4 Å². The van der Waals surface area contributed by atoms with E-state index >= 15 is 0 Å². The third kappa shape index (κ3) is 3.38. The van der Waals surface area contributed by atoms with Gasteiger partial charge in [-0.2, -0.15) is 0 Å². The average molecular weight is 227 g/mol. The molecule has 2 N–H and O–H groups in total. The summed E-state index contributed by atoms with van der Waals surface area (Å²) in [6.45, 7) is 3.52. The lowest BCUT2D eigenvalue weighted by atomic mass is 9.95. The van der Waals surface area contributed by atoms with E-state index in [4.69, 9.17) is 5.73 Å². The van der Waals surface area contributed by atoms with Gasteiger partial charge >= 0.3 is 0 Å². The van der Waals surface area contributed by atoms with Gasteiger partial charge in [0.2, 0.25) is 0 Å². The van der Waals surface area contributed by atoms with Gasteiger partial charge in [-0.15, -0.1) is 0 Å². The fraction of sp³-hybridized carbons (Fsp3) is 0.417. The quantitative estimate of drug-likeness (QED) is 0.803. The SMILES string of the molecule is CC(C)(N)CCC(=O)c1c(F)cccc1F. The molecule has 0 bridgehead atoms. The van der Waals surface area contributed by atoms with E-state index in [1.807, 2.05) is 0 Å². The van der Waals surface area contributed by atoms with Gasteiger partial charge in [0.25, 0.3) is 0 Å². The van der Waals surface area contributed by atoms with Crippen LogP contribution in [0, 0.1) is 11.6 Å². The second-order valence-electron chi connectivity index (χ2n) is 4.51. The lowest BCUT2D eigenvalue weighted by Crippen LogP contribution is -2.32.